The zero-order chi connectivity index (χ0) is 16.9. The number of anilines is 1. The van der Waals surface area contributed by atoms with Gasteiger partial charge >= 0.3 is 0 Å². The van der Waals surface area contributed by atoms with Crippen molar-refractivity contribution in [3.63, 3.8) is 0 Å². The molecule has 2 heterocycles. The summed E-state index contributed by atoms with van der Waals surface area (Å²) in [5.74, 6) is 0.535. The second kappa shape index (κ2) is 7.42. The molecule has 0 bridgehead atoms. The van der Waals surface area contributed by atoms with Crippen LogP contribution in [0.1, 0.15) is 11.3 Å². The molecule has 2 aromatic heterocycles. The lowest BCUT2D eigenvalue weighted by Gasteiger charge is -2.05. The quantitative estimate of drug-likeness (QED) is 0.718. The van der Waals surface area contributed by atoms with Gasteiger partial charge in [0.1, 0.15) is 5.75 Å². The van der Waals surface area contributed by atoms with Crippen LogP contribution in [0.5, 0.6) is 5.75 Å². The summed E-state index contributed by atoms with van der Waals surface area (Å²) in [6.07, 6.45) is 4.11. The largest absolute Gasteiger partial charge is 0.508 e. The number of aryl methyl sites for hydroxylation is 1. The maximum Gasteiger partial charge on any atom is 0.224 e. The minimum absolute atomic E-state index is 0.103. The molecule has 3 aromatic rings. The number of carbonyl (C=O) groups is 1. The smallest absolute Gasteiger partial charge is 0.224 e. The summed E-state index contributed by atoms with van der Waals surface area (Å²) in [6, 6.07) is 10.4. The lowest BCUT2D eigenvalue weighted by Crippen LogP contribution is -2.12. The fourth-order valence-corrected chi connectivity index (χ4v) is 3.22. The number of aromatic hydroxyl groups is 1. The second-order valence-corrected chi connectivity index (χ2v) is 6.90. The number of phenols is 1. The van der Waals surface area contributed by atoms with Crippen molar-refractivity contribution in [1.82, 2.24) is 9.97 Å². The van der Waals surface area contributed by atoms with E-state index in [0.29, 0.717) is 29.9 Å². The predicted molar refractivity (Wildman–Crippen MR) is 95.4 cm³/mol. The third kappa shape index (κ3) is 4.31. The van der Waals surface area contributed by atoms with E-state index in [9.17, 15) is 9.90 Å². The van der Waals surface area contributed by atoms with Crippen LogP contribution in [-0.2, 0) is 11.2 Å². The zero-order valence-electron chi connectivity index (χ0n) is 12.6. The molecule has 1 amide bonds. The molecule has 24 heavy (non-hydrogen) atoms. The third-order valence-electron chi connectivity index (χ3n) is 3.27. The Kier molecular flexibility index (Phi) is 5.08. The number of hydrogen-bond acceptors (Lipinski definition) is 5. The topological polar surface area (TPSA) is 75.1 Å². The standard InChI is InChI=1S/C17H14ClN3O2S/c18-15-6-4-14(24-15)5-7-16(23)21-12-9-19-17(20-10-12)11-2-1-3-13(22)8-11/h1-4,6,8-10,22H,5,7H2,(H,21,23). The van der Waals surface area contributed by atoms with Gasteiger partial charge < -0.3 is 10.4 Å². The van der Waals surface area contributed by atoms with Crippen molar-refractivity contribution in [3.8, 4) is 17.1 Å². The molecular weight excluding hydrogens is 346 g/mol. The van der Waals surface area contributed by atoms with Gasteiger partial charge in [0.15, 0.2) is 5.82 Å². The van der Waals surface area contributed by atoms with E-state index in [-0.39, 0.29) is 11.7 Å². The van der Waals surface area contributed by atoms with Crippen LogP contribution in [0.25, 0.3) is 11.4 Å². The van der Waals surface area contributed by atoms with E-state index in [2.05, 4.69) is 15.3 Å². The van der Waals surface area contributed by atoms with Crippen LogP contribution in [0.3, 0.4) is 0 Å². The normalized spacial score (nSPS) is 10.5. The Morgan fingerprint density at radius 1 is 1.21 bits per heavy atom. The number of hydrogen-bond donors (Lipinski definition) is 2. The number of carbonyl (C=O) groups excluding carboxylic acids is 1. The summed E-state index contributed by atoms with van der Waals surface area (Å²) in [5.41, 5.74) is 1.25. The Hall–Kier alpha value is -2.44. The van der Waals surface area contributed by atoms with Gasteiger partial charge in [0.05, 0.1) is 22.4 Å². The molecule has 0 saturated heterocycles. The van der Waals surface area contributed by atoms with Crippen LogP contribution in [0.4, 0.5) is 5.69 Å². The molecule has 7 heteroatoms. The van der Waals surface area contributed by atoms with Gasteiger partial charge in [0.25, 0.3) is 0 Å². The van der Waals surface area contributed by atoms with E-state index >= 15 is 0 Å². The number of nitrogens with zero attached hydrogens (tertiary/aromatic N) is 2. The molecular formula is C17H14ClN3O2S. The summed E-state index contributed by atoms with van der Waals surface area (Å²) in [7, 11) is 0. The number of benzene rings is 1. The number of thiophene rings is 1. The molecule has 0 radical (unpaired) electrons. The monoisotopic (exact) mass is 359 g/mol. The van der Waals surface area contributed by atoms with Gasteiger partial charge in [-0.25, -0.2) is 9.97 Å². The molecule has 0 spiro atoms. The number of nitrogens with one attached hydrogen (secondary N) is 1. The fourth-order valence-electron chi connectivity index (χ4n) is 2.13. The van der Waals surface area contributed by atoms with Gasteiger partial charge in [0.2, 0.25) is 5.91 Å². The summed E-state index contributed by atoms with van der Waals surface area (Å²) < 4.78 is 0.723. The minimum Gasteiger partial charge on any atom is -0.508 e. The fraction of sp³-hybridized carbons (Fsp3) is 0.118. The van der Waals surface area contributed by atoms with E-state index in [1.807, 2.05) is 12.1 Å². The number of amides is 1. The average Bonchev–Trinajstić information content (AvgIpc) is 2.99. The first-order valence-electron chi connectivity index (χ1n) is 7.26. The maximum atomic E-state index is 12.0. The van der Waals surface area contributed by atoms with Crippen molar-refractivity contribution >= 4 is 34.5 Å². The molecule has 0 atom stereocenters. The molecule has 3 rings (SSSR count). The predicted octanol–water partition coefficient (Wildman–Crippen LogP) is 4.14. The van der Waals surface area contributed by atoms with Crippen LogP contribution in [0, 0.1) is 0 Å². The Morgan fingerprint density at radius 3 is 2.67 bits per heavy atom. The minimum atomic E-state index is -0.103. The molecule has 122 valence electrons. The Labute approximate surface area is 148 Å². The Bertz CT molecular complexity index is 849. The Balaban J connectivity index is 1.58. The second-order valence-electron chi connectivity index (χ2n) is 5.10. The van der Waals surface area contributed by atoms with Crippen LogP contribution < -0.4 is 5.32 Å². The van der Waals surface area contributed by atoms with Crippen LogP contribution in [0.15, 0.2) is 48.8 Å². The van der Waals surface area contributed by atoms with Crippen molar-refractivity contribution in [2.24, 2.45) is 0 Å². The molecule has 0 aliphatic heterocycles. The summed E-state index contributed by atoms with van der Waals surface area (Å²) in [4.78, 5) is 21.5. The van der Waals surface area contributed by atoms with Crippen molar-refractivity contribution in [2.75, 3.05) is 5.32 Å². The van der Waals surface area contributed by atoms with Crippen molar-refractivity contribution in [3.05, 3.63) is 58.0 Å². The zero-order valence-corrected chi connectivity index (χ0v) is 14.1. The average molecular weight is 360 g/mol. The van der Waals surface area contributed by atoms with Crippen molar-refractivity contribution in [2.45, 2.75) is 12.8 Å². The lowest BCUT2D eigenvalue weighted by molar-refractivity contribution is -0.116. The molecule has 0 fully saturated rings. The first kappa shape index (κ1) is 16.4. The van der Waals surface area contributed by atoms with E-state index in [4.69, 9.17) is 11.6 Å². The summed E-state index contributed by atoms with van der Waals surface area (Å²) in [6.45, 7) is 0. The SMILES string of the molecule is O=C(CCc1ccc(Cl)s1)Nc1cnc(-c2cccc(O)c2)nc1. The molecule has 0 unspecified atom stereocenters. The highest BCUT2D eigenvalue weighted by Gasteiger charge is 2.07. The van der Waals surface area contributed by atoms with Crippen LogP contribution >= 0.6 is 22.9 Å². The maximum absolute atomic E-state index is 12.0. The van der Waals surface area contributed by atoms with Crippen LogP contribution in [0.2, 0.25) is 4.34 Å². The van der Waals surface area contributed by atoms with Gasteiger partial charge in [-0.05, 0) is 30.7 Å². The first-order chi connectivity index (χ1) is 11.6. The number of phenolic OH excluding ortho intramolecular Hbond substituents is 1. The highest BCUT2D eigenvalue weighted by Crippen LogP contribution is 2.23. The molecule has 0 aliphatic carbocycles. The highest BCUT2D eigenvalue weighted by atomic mass is 35.5. The molecule has 1 aromatic carbocycles. The molecule has 0 saturated carbocycles. The highest BCUT2D eigenvalue weighted by molar-refractivity contribution is 7.16. The number of halogens is 1. The Morgan fingerprint density at radius 2 is 2.00 bits per heavy atom. The van der Waals surface area contributed by atoms with Gasteiger partial charge in [0, 0.05) is 16.9 Å². The van der Waals surface area contributed by atoms with Crippen molar-refractivity contribution in [1.29, 1.82) is 0 Å². The van der Waals surface area contributed by atoms with Crippen LogP contribution in [-0.4, -0.2) is 21.0 Å². The number of aromatic nitrogens is 2. The molecule has 2 N–H and O–H groups in total. The van der Waals surface area contributed by atoms with Crippen molar-refractivity contribution < 1.29 is 9.90 Å². The van der Waals surface area contributed by atoms with Gasteiger partial charge in [-0.15, -0.1) is 11.3 Å². The van der Waals surface area contributed by atoms with Gasteiger partial charge in [-0.2, -0.15) is 0 Å². The third-order valence-corrected chi connectivity index (χ3v) is 4.56. The van der Waals surface area contributed by atoms with E-state index in [1.54, 1.807) is 36.7 Å². The molecule has 5 nitrogen and oxygen atoms in total. The first-order valence-corrected chi connectivity index (χ1v) is 8.45. The molecule has 0 aliphatic rings. The summed E-state index contributed by atoms with van der Waals surface area (Å²) in [5, 5.41) is 12.2. The number of rotatable bonds is 5. The van der Waals surface area contributed by atoms with Gasteiger partial charge in [-0.3, -0.25) is 4.79 Å². The van der Waals surface area contributed by atoms with E-state index in [1.165, 1.54) is 11.3 Å². The van der Waals surface area contributed by atoms with E-state index in [0.717, 1.165) is 9.21 Å². The summed E-state index contributed by atoms with van der Waals surface area (Å²) >= 11 is 7.34. The lowest BCUT2D eigenvalue weighted by atomic mass is 10.2. The van der Waals surface area contributed by atoms with Gasteiger partial charge in [-0.1, -0.05) is 23.7 Å². The van der Waals surface area contributed by atoms with E-state index < -0.39 is 0 Å².